The number of rotatable bonds is 13. The molecule has 0 rings (SSSR count). The van der Waals surface area contributed by atoms with Gasteiger partial charge in [-0.25, -0.2) is 0 Å². The summed E-state index contributed by atoms with van der Waals surface area (Å²) in [5.41, 5.74) is 5.55. The van der Waals surface area contributed by atoms with Gasteiger partial charge in [0.05, 0.1) is 12.6 Å². The number of aldehydes is 1. The zero-order valence-corrected chi connectivity index (χ0v) is 12.3. The second-order valence-electron chi connectivity index (χ2n) is 5.06. The summed E-state index contributed by atoms with van der Waals surface area (Å²) in [6.45, 7) is 1.92. The SMILES string of the molecule is CCCCCCCCO[C@@H]([C@H](O)[C@H](O)CO)[C@@H](N)C=O. The van der Waals surface area contributed by atoms with Gasteiger partial charge in [0.25, 0.3) is 0 Å². The molecule has 0 aromatic carbocycles. The van der Waals surface area contributed by atoms with Crippen molar-refractivity contribution in [2.24, 2.45) is 5.73 Å². The van der Waals surface area contributed by atoms with Crippen LogP contribution in [0, 0.1) is 0 Å². The van der Waals surface area contributed by atoms with Gasteiger partial charge in [0.2, 0.25) is 0 Å². The van der Waals surface area contributed by atoms with Gasteiger partial charge in [0, 0.05) is 6.61 Å². The minimum Gasteiger partial charge on any atom is -0.394 e. The Labute approximate surface area is 120 Å². The van der Waals surface area contributed by atoms with Crippen LogP contribution in [0.4, 0.5) is 0 Å². The van der Waals surface area contributed by atoms with Crippen LogP contribution in [0.15, 0.2) is 0 Å². The second-order valence-corrected chi connectivity index (χ2v) is 5.06. The number of hydrogen-bond donors (Lipinski definition) is 4. The zero-order valence-electron chi connectivity index (χ0n) is 12.3. The van der Waals surface area contributed by atoms with Crippen LogP contribution in [0.1, 0.15) is 45.4 Å². The number of ether oxygens (including phenoxy) is 1. The third kappa shape index (κ3) is 7.91. The Morgan fingerprint density at radius 1 is 1.15 bits per heavy atom. The summed E-state index contributed by atoms with van der Waals surface area (Å²) >= 11 is 0. The average Bonchev–Trinajstić information content (AvgIpc) is 2.47. The maximum atomic E-state index is 10.7. The van der Waals surface area contributed by atoms with E-state index in [0.717, 1.165) is 19.3 Å². The number of unbranched alkanes of at least 4 members (excludes halogenated alkanes) is 5. The topological polar surface area (TPSA) is 113 Å². The molecule has 0 bridgehead atoms. The monoisotopic (exact) mass is 291 g/mol. The molecule has 0 radical (unpaired) electrons. The molecule has 0 spiro atoms. The number of aliphatic hydroxyl groups excluding tert-OH is 3. The molecule has 0 aliphatic heterocycles. The first-order valence-corrected chi connectivity index (χ1v) is 7.37. The summed E-state index contributed by atoms with van der Waals surface area (Å²) in [5, 5.41) is 28.0. The molecule has 4 atom stereocenters. The maximum absolute atomic E-state index is 10.7. The number of nitrogens with two attached hydrogens (primary N) is 1. The number of aliphatic hydroxyl groups is 3. The average molecular weight is 291 g/mol. The number of carbonyl (C=O) groups is 1. The molecular weight excluding hydrogens is 262 g/mol. The van der Waals surface area contributed by atoms with Crippen molar-refractivity contribution in [3.05, 3.63) is 0 Å². The fourth-order valence-electron chi connectivity index (χ4n) is 1.94. The molecule has 20 heavy (non-hydrogen) atoms. The van der Waals surface area contributed by atoms with Crippen molar-refractivity contribution >= 4 is 6.29 Å². The molecule has 5 N–H and O–H groups in total. The first-order valence-electron chi connectivity index (χ1n) is 7.37. The Hall–Kier alpha value is -0.530. The fourth-order valence-corrected chi connectivity index (χ4v) is 1.94. The normalized spacial score (nSPS) is 17.4. The van der Waals surface area contributed by atoms with Gasteiger partial charge in [-0.1, -0.05) is 39.0 Å². The molecule has 0 aliphatic carbocycles. The lowest BCUT2D eigenvalue weighted by Gasteiger charge is -2.28. The van der Waals surface area contributed by atoms with E-state index in [1.54, 1.807) is 0 Å². The lowest BCUT2D eigenvalue weighted by atomic mass is 10.0. The van der Waals surface area contributed by atoms with E-state index in [1.807, 2.05) is 0 Å². The molecule has 0 aromatic rings. The Kier molecular flexibility index (Phi) is 11.9. The van der Waals surface area contributed by atoms with Crippen molar-refractivity contribution in [2.45, 2.75) is 69.8 Å². The van der Waals surface area contributed by atoms with E-state index >= 15 is 0 Å². The quantitative estimate of drug-likeness (QED) is 0.280. The van der Waals surface area contributed by atoms with Crippen LogP contribution in [0.2, 0.25) is 0 Å². The summed E-state index contributed by atoms with van der Waals surface area (Å²) in [6, 6.07) is -1.02. The van der Waals surface area contributed by atoms with Crippen LogP contribution in [0.5, 0.6) is 0 Å². The lowest BCUT2D eigenvalue weighted by Crippen LogP contribution is -2.51. The van der Waals surface area contributed by atoms with Gasteiger partial charge < -0.3 is 30.6 Å². The largest absolute Gasteiger partial charge is 0.394 e. The molecule has 0 unspecified atom stereocenters. The van der Waals surface area contributed by atoms with Gasteiger partial charge in [-0.2, -0.15) is 0 Å². The minimum absolute atomic E-state index is 0.369. The van der Waals surface area contributed by atoms with Crippen molar-refractivity contribution in [3.63, 3.8) is 0 Å². The van der Waals surface area contributed by atoms with E-state index in [-0.39, 0.29) is 0 Å². The van der Waals surface area contributed by atoms with E-state index in [0.29, 0.717) is 12.9 Å². The minimum atomic E-state index is -1.37. The highest BCUT2D eigenvalue weighted by molar-refractivity contribution is 5.58. The molecule has 0 amide bonds. The van der Waals surface area contributed by atoms with Crippen LogP contribution in [0.25, 0.3) is 0 Å². The van der Waals surface area contributed by atoms with E-state index < -0.39 is 31.0 Å². The molecule has 0 saturated heterocycles. The van der Waals surface area contributed by atoms with Crippen molar-refractivity contribution in [2.75, 3.05) is 13.2 Å². The predicted octanol–water partition coefficient (Wildman–Crippen LogP) is -0.0276. The summed E-state index contributed by atoms with van der Waals surface area (Å²) < 4.78 is 5.41. The van der Waals surface area contributed by atoms with Crippen LogP contribution in [-0.4, -0.2) is 59.2 Å². The number of carbonyl (C=O) groups excluding carboxylic acids is 1. The summed E-state index contributed by atoms with van der Waals surface area (Å²) in [5.74, 6) is 0. The molecule has 6 nitrogen and oxygen atoms in total. The van der Waals surface area contributed by atoms with Crippen LogP contribution < -0.4 is 5.73 Å². The van der Waals surface area contributed by atoms with Gasteiger partial charge in [-0.05, 0) is 6.42 Å². The van der Waals surface area contributed by atoms with Gasteiger partial charge in [0.15, 0.2) is 0 Å². The highest BCUT2D eigenvalue weighted by Gasteiger charge is 2.31. The van der Waals surface area contributed by atoms with Gasteiger partial charge >= 0.3 is 0 Å². The Morgan fingerprint density at radius 2 is 1.75 bits per heavy atom. The standard InChI is InChI=1S/C14H29NO5/c1-2-3-4-5-6-7-8-20-14(11(15)9-16)13(19)12(18)10-17/h9,11-14,17-19H,2-8,10,15H2,1H3/t11-,12+,13+,14+/m0/s1. The molecule has 0 fully saturated rings. The van der Waals surface area contributed by atoms with Gasteiger partial charge in [0.1, 0.15) is 24.6 Å². The van der Waals surface area contributed by atoms with Crippen molar-refractivity contribution in [1.29, 1.82) is 0 Å². The van der Waals surface area contributed by atoms with Crippen molar-refractivity contribution < 1.29 is 24.9 Å². The highest BCUT2D eigenvalue weighted by Crippen LogP contribution is 2.10. The van der Waals surface area contributed by atoms with E-state index in [4.69, 9.17) is 15.6 Å². The first-order chi connectivity index (χ1) is 9.58. The highest BCUT2D eigenvalue weighted by atomic mass is 16.5. The van der Waals surface area contributed by atoms with Gasteiger partial charge in [-0.3, -0.25) is 0 Å². The third-order valence-corrected chi connectivity index (χ3v) is 3.26. The molecule has 0 heterocycles. The maximum Gasteiger partial charge on any atom is 0.139 e. The van der Waals surface area contributed by atoms with Crippen LogP contribution >= 0.6 is 0 Å². The number of hydrogen-bond acceptors (Lipinski definition) is 6. The first kappa shape index (κ1) is 19.5. The third-order valence-electron chi connectivity index (χ3n) is 3.26. The molecule has 0 saturated carbocycles. The molecule has 0 aromatic heterocycles. The molecule has 6 heteroatoms. The Bertz CT molecular complexity index is 240. The van der Waals surface area contributed by atoms with E-state index in [9.17, 15) is 15.0 Å². The van der Waals surface area contributed by atoms with Crippen LogP contribution in [-0.2, 0) is 9.53 Å². The van der Waals surface area contributed by atoms with Crippen LogP contribution in [0.3, 0.4) is 0 Å². The molecule has 120 valence electrons. The van der Waals surface area contributed by atoms with Crippen molar-refractivity contribution in [3.8, 4) is 0 Å². The second kappa shape index (κ2) is 12.2. The van der Waals surface area contributed by atoms with E-state index in [1.165, 1.54) is 19.3 Å². The molecular formula is C14H29NO5. The van der Waals surface area contributed by atoms with Crippen molar-refractivity contribution in [1.82, 2.24) is 0 Å². The predicted molar refractivity (Wildman–Crippen MR) is 76.3 cm³/mol. The lowest BCUT2D eigenvalue weighted by molar-refractivity contribution is -0.127. The van der Waals surface area contributed by atoms with E-state index in [2.05, 4.69) is 6.92 Å². The Balaban J connectivity index is 4.02. The summed E-state index contributed by atoms with van der Waals surface area (Å²) in [7, 11) is 0. The zero-order chi connectivity index (χ0) is 15.4. The fraction of sp³-hybridized carbons (Fsp3) is 0.929. The summed E-state index contributed by atoms with van der Waals surface area (Å²) in [6.07, 6.45) is 3.30. The molecule has 0 aliphatic rings. The smallest absolute Gasteiger partial charge is 0.139 e. The Morgan fingerprint density at radius 3 is 2.30 bits per heavy atom. The van der Waals surface area contributed by atoms with Gasteiger partial charge in [-0.15, -0.1) is 0 Å². The summed E-state index contributed by atoms with van der Waals surface area (Å²) in [4.78, 5) is 10.7.